The monoisotopic (exact) mass is 249 g/mol. The molecule has 2 rings (SSSR count). The van der Waals surface area contributed by atoms with Gasteiger partial charge in [-0.05, 0) is 19.1 Å². The van der Waals surface area contributed by atoms with Crippen molar-refractivity contribution in [2.24, 2.45) is 0 Å². The van der Waals surface area contributed by atoms with Crippen molar-refractivity contribution in [3.8, 4) is 0 Å². The molecule has 6 heteroatoms. The number of rotatable bonds is 4. The van der Waals surface area contributed by atoms with Crippen molar-refractivity contribution in [2.75, 3.05) is 5.32 Å². The van der Waals surface area contributed by atoms with Crippen LogP contribution in [0.15, 0.2) is 35.3 Å². The molecule has 1 unspecified atom stereocenters. The van der Waals surface area contributed by atoms with Crippen LogP contribution in [0, 0.1) is 0 Å². The highest BCUT2D eigenvalue weighted by Crippen LogP contribution is 2.24. The first kappa shape index (κ1) is 11.5. The Bertz CT molecular complexity index is 501. The number of aliphatic carboxylic acids is 1. The zero-order chi connectivity index (χ0) is 12.3. The van der Waals surface area contributed by atoms with Crippen LogP contribution in [0.3, 0.4) is 0 Å². The Kier molecular flexibility index (Phi) is 3.06. The van der Waals surface area contributed by atoms with Gasteiger partial charge in [0.1, 0.15) is 5.82 Å². The number of pyridine rings is 1. The quantitative estimate of drug-likeness (QED) is 0.866. The van der Waals surface area contributed by atoms with Gasteiger partial charge < -0.3 is 10.4 Å². The highest BCUT2D eigenvalue weighted by atomic mass is 32.1. The third kappa shape index (κ3) is 2.26. The molecule has 0 aliphatic carbocycles. The van der Waals surface area contributed by atoms with Gasteiger partial charge in [0.05, 0.1) is 11.2 Å². The summed E-state index contributed by atoms with van der Waals surface area (Å²) in [5.74, 6) is -0.463. The van der Waals surface area contributed by atoms with Crippen LogP contribution in [-0.2, 0) is 10.3 Å². The molecule has 0 aromatic carbocycles. The molecule has 2 aromatic rings. The molecule has 0 saturated carbocycles. The molecule has 0 spiro atoms. The maximum absolute atomic E-state index is 11.4. The summed E-state index contributed by atoms with van der Waals surface area (Å²) in [5.41, 5.74) is 0.804. The summed E-state index contributed by atoms with van der Waals surface area (Å²) in [4.78, 5) is 19.5. The molecule has 5 nitrogen and oxygen atoms in total. The van der Waals surface area contributed by atoms with E-state index >= 15 is 0 Å². The number of nitrogens with one attached hydrogen (secondary N) is 1. The molecule has 17 heavy (non-hydrogen) atoms. The molecule has 88 valence electrons. The van der Waals surface area contributed by atoms with Gasteiger partial charge >= 0.3 is 5.97 Å². The minimum absolute atomic E-state index is 0.445. The Morgan fingerprint density at radius 3 is 2.82 bits per heavy atom. The summed E-state index contributed by atoms with van der Waals surface area (Å²) in [6, 6.07) is 5.17. The molecule has 2 aromatic heterocycles. The molecule has 0 radical (unpaired) electrons. The zero-order valence-electron chi connectivity index (χ0n) is 9.12. The highest BCUT2D eigenvalue weighted by Gasteiger charge is 2.37. The number of carbonyl (C=O) groups is 1. The molecular formula is C11H11N3O2S. The summed E-state index contributed by atoms with van der Waals surface area (Å²) in [7, 11) is 0. The molecule has 0 amide bonds. The standard InChI is InChI=1S/C11H11N3O2S/c1-11(10(15)16,8-4-2-3-5-12-8)14-9-6-17-7-13-9/h2-7,14H,1H3,(H,15,16). The van der Waals surface area contributed by atoms with Crippen LogP contribution in [0.1, 0.15) is 12.6 Å². The van der Waals surface area contributed by atoms with Gasteiger partial charge in [-0.15, -0.1) is 11.3 Å². The average Bonchev–Trinajstić information content (AvgIpc) is 2.82. The van der Waals surface area contributed by atoms with Gasteiger partial charge in [-0.2, -0.15) is 0 Å². The number of aromatic nitrogens is 2. The van der Waals surface area contributed by atoms with Gasteiger partial charge in [0, 0.05) is 11.6 Å². The van der Waals surface area contributed by atoms with Crippen LogP contribution in [0.4, 0.5) is 5.82 Å². The van der Waals surface area contributed by atoms with E-state index in [4.69, 9.17) is 0 Å². The van der Waals surface area contributed by atoms with E-state index in [-0.39, 0.29) is 0 Å². The van der Waals surface area contributed by atoms with Crippen LogP contribution < -0.4 is 5.32 Å². The van der Waals surface area contributed by atoms with E-state index in [1.807, 2.05) is 0 Å². The first-order valence-corrected chi connectivity index (χ1v) is 5.88. The van der Waals surface area contributed by atoms with Gasteiger partial charge in [-0.3, -0.25) is 4.98 Å². The minimum Gasteiger partial charge on any atom is -0.479 e. The molecule has 0 aliphatic heterocycles. The maximum Gasteiger partial charge on any atom is 0.335 e. The summed E-state index contributed by atoms with van der Waals surface area (Å²) in [5, 5.41) is 14.0. The van der Waals surface area contributed by atoms with E-state index in [9.17, 15) is 9.90 Å². The van der Waals surface area contributed by atoms with E-state index < -0.39 is 11.5 Å². The van der Waals surface area contributed by atoms with Crippen molar-refractivity contribution in [3.63, 3.8) is 0 Å². The second kappa shape index (κ2) is 4.50. The minimum atomic E-state index is -1.28. The summed E-state index contributed by atoms with van der Waals surface area (Å²) >= 11 is 1.40. The predicted molar refractivity (Wildman–Crippen MR) is 65.0 cm³/mol. The lowest BCUT2D eigenvalue weighted by molar-refractivity contribution is -0.142. The normalized spacial score (nSPS) is 13.9. The van der Waals surface area contributed by atoms with Gasteiger partial charge in [-0.1, -0.05) is 6.07 Å². The number of hydrogen-bond acceptors (Lipinski definition) is 5. The van der Waals surface area contributed by atoms with Crippen LogP contribution in [0.5, 0.6) is 0 Å². The molecule has 0 fully saturated rings. The number of carboxylic acids is 1. The van der Waals surface area contributed by atoms with Gasteiger partial charge in [0.25, 0.3) is 0 Å². The van der Waals surface area contributed by atoms with E-state index in [0.29, 0.717) is 11.5 Å². The van der Waals surface area contributed by atoms with Crippen molar-refractivity contribution in [2.45, 2.75) is 12.5 Å². The molecule has 1 atom stereocenters. The van der Waals surface area contributed by atoms with Gasteiger partial charge in [-0.25, -0.2) is 9.78 Å². The average molecular weight is 249 g/mol. The number of anilines is 1. The summed E-state index contributed by atoms with van der Waals surface area (Å²) in [6.07, 6.45) is 1.57. The Labute approximate surface area is 102 Å². The van der Waals surface area contributed by atoms with Gasteiger partial charge in [0.2, 0.25) is 0 Å². The molecular weight excluding hydrogens is 238 g/mol. The molecule has 0 aliphatic rings. The van der Waals surface area contributed by atoms with Crippen LogP contribution in [0.25, 0.3) is 0 Å². The molecule has 0 saturated heterocycles. The SMILES string of the molecule is CC(Nc1cscn1)(C(=O)O)c1ccccn1. The van der Waals surface area contributed by atoms with Crippen molar-refractivity contribution in [1.29, 1.82) is 0 Å². The largest absolute Gasteiger partial charge is 0.479 e. The van der Waals surface area contributed by atoms with Crippen molar-refractivity contribution in [3.05, 3.63) is 41.0 Å². The predicted octanol–water partition coefficient (Wildman–Crippen LogP) is 1.95. The number of thiazole rings is 1. The highest BCUT2D eigenvalue weighted by molar-refractivity contribution is 7.07. The van der Waals surface area contributed by atoms with E-state index in [2.05, 4.69) is 15.3 Å². The Hall–Kier alpha value is -1.95. The topological polar surface area (TPSA) is 75.1 Å². The Morgan fingerprint density at radius 1 is 1.47 bits per heavy atom. The molecule has 0 bridgehead atoms. The molecule has 2 N–H and O–H groups in total. The number of carboxylic acid groups (broad SMARTS) is 1. The van der Waals surface area contributed by atoms with Crippen LogP contribution in [-0.4, -0.2) is 21.0 Å². The van der Waals surface area contributed by atoms with Gasteiger partial charge in [0.15, 0.2) is 5.54 Å². The fraction of sp³-hybridized carbons (Fsp3) is 0.182. The van der Waals surface area contributed by atoms with E-state index in [1.165, 1.54) is 11.3 Å². The lowest BCUT2D eigenvalue weighted by Crippen LogP contribution is -2.41. The third-order valence-corrected chi connectivity index (χ3v) is 3.00. The number of hydrogen-bond donors (Lipinski definition) is 2. The first-order chi connectivity index (χ1) is 8.13. The second-order valence-corrected chi connectivity index (χ2v) is 4.36. The maximum atomic E-state index is 11.4. The summed E-state index contributed by atoms with van der Waals surface area (Å²) in [6.45, 7) is 1.57. The first-order valence-electron chi connectivity index (χ1n) is 4.94. The fourth-order valence-corrected chi connectivity index (χ4v) is 1.90. The Balaban J connectivity index is 2.37. The lowest BCUT2D eigenvalue weighted by atomic mass is 9.97. The molecule has 2 heterocycles. The fourth-order valence-electron chi connectivity index (χ4n) is 1.42. The summed E-state index contributed by atoms with van der Waals surface area (Å²) < 4.78 is 0. The van der Waals surface area contributed by atoms with Crippen molar-refractivity contribution >= 4 is 23.1 Å². The van der Waals surface area contributed by atoms with E-state index in [0.717, 1.165) is 0 Å². The smallest absolute Gasteiger partial charge is 0.335 e. The van der Waals surface area contributed by atoms with Crippen LogP contribution >= 0.6 is 11.3 Å². The Morgan fingerprint density at radius 2 is 2.29 bits per heavy atom. The lowest BCUT2D eigenvalue weighted by Gasteiger charge is -2.25. The van der Waals surface area contributed by atoms with Crippen molar-refractivity contribution < 1.29 is 9.90 Å². The van der Waals surface area contributed by atoms with Crippen molar-refractivity contribution in [1.82, 2.24) is 9.97 Å². The van der Waals surface area contributed by atoms with Crippen LogP contribution in [0.2, 0.25) is 0 Å². The number of nitrogens with zero attached hydrogens (tertiary/aromatic N) is 2. The second-order valence-electron chi connectivity index (χ2n) is 3.64. The zero-order valence-corrected chi connectivity index (χ0v) is 9.94. The van der Waals surface area contributed by atoms with E-state index in [1.54, 1.807) is 42.2 Å². The third-order valence-electron chi connectivity index (χ3n) is 2.42.